The molecule has 1 heterocycles. The molecule has 9 heteroatoms. The Kier molecular flexibility index (Phi) is 6.36. The Labute approximate surface area is 174 Å². The van der Waals surface area contributed by atoms with Crippen molar-refractivity contribution >= 4 is 17.5 Å². The summed E-state index contributed by atoms with van der Waals surface area (Å²) in [4.78, 5) is 12.2. The highest BCUT2D eigenvalue weighted by molar-refractivity contribution is 6.21. The highest BCUT2D eigenvalue weighted by Gasteiger charge is 2.68. The first-order valence-electron chi connectivity index (χ1n) is 10.6. The van der Waals surface area contributed by atoms with E-state index in [1.165, 1.54) is 0 Å². The fraction of sp³-hybridized carbons (Fsp3) is 0.950. The molecule has 29 heavy (non-hydrogen) atoms. The van der Waals surface area contributed by atoms with Crippen molar-refractivity contribution in [1.82, 2.24) is 10.6 Å². The van der Waals surface area contributed by atoms with Gasteiger partial charge in [-0.05, 0) is 44.9 Å². The van der Waals surface area contributed by atoms with Gasteiger partial charge < -0.3 is 14.8 Å². The quantitative estimate of drug-likeness (QED) is 0.571. The lowest BCUT2D eigenvalue weighted by atomic mass is 9.39. The number of piperidine rings is 1. The maximum Gasteiger partial charge on any atom is 0.246 e. The van der Waals surface area contributed by atoms with Crippen LogP contribution in [0.5, 0.6) is 0 Å². The van der Waals surface area contributed by atoms with Crippen LogP contribution in [-0.2, 0) is 14.3 Å². The number of halogens is 4. The Hall–Kier alpha value is -0.570. The van der Waals surface area contributed by atoms with Gasteiger partial charge >= 0.3 is 0 Å². The smallest absolute Gasteiger partial charge is 0.246 e. The minimum Gasteiger partial charge on any atom is -0.368 e. The number of hydrogen-bond donors (Lipinski definition) is 2. The predicted octanol–water partition coefficient (Wildman–Crippen LogP) is 3.15. The predicted molar refractivity (Wildman–Crippen MR) is 102 cm³/mol. The molecule has 1 amide bonds. The van der Waals surface area contributed by atoms with Crippen molar-refractivity contribution in [3.05, 3.63) is 0 Å². The summed E-state index contributed by atoms with van der Waals surface area (Å²) < 4.78 is 50.5. The Morgan fingerprint density at radius 3 is 2.55 bits per heavy atom. The van der Waals surface area contributed by atoms with E-state index < -0.39 is 23.9 Å². The summed E-state index contributed by atoms with van der Waals surface area (Å²) in [5.41, 5.74) is -0.0451. The lowest BCUT2D eigenvalue weighted by Crippen LogP contribution is -2.76. The molecule has 4 saturated carbocycles. The van der Waals surface area contributed by atoms with Gasteiger partial charge in [-0.15, -0.1) is 11.6 Å². The average Bonchev–Trinajstić information content (AvgIpc) is 2.64. The molecule has 5 fully saturated rings. The number of rotatable bonds is 8. The first kappa shape index (κ1) is 21.7. The Morgan fingerprint density at radius 2 is 1.93 bits per heavy atom. The van der Waals surface area contributed by atoms with Gasteiger partial charge in [0.25, 0.3) is 0 Å². The van der Waals surface area contributed by atoms with Gasteiger partial charge in [-0.2, -0.15) is 0 Å². The van der Waals surface area contributed by atoms with Gasteiger partial charge in [0.1, 0.15) is 19.0 Å². The Bertz CT molecular complexity index is 584. The summed E-state index contributed by atoms with van der Waals surface area (Å²) in [7, 11) is 0. The zero-order chi connectivity index (χ0) is 20.6. The molecule has 0 radical (unpaired) electrons. The normalized spacial score (nSPS) is 44.1. The fourth-order valence-corrected chi connectivity index (χ4v) is 5.72. The van der Waals surface area contributed by atoms with Crippen LogP contribution in [-0.4, -0.2) is 61.5 Å². The molecule has 5 rings (SSSR count). The number of ether oxygens (including phenoxy) is 2. The lowest BCUT2D eigenvalue weighted by molar-refractivity contribution is -0.206. The Morgan fingerprint density at radius 1 is 1.17 bits per heavy atom. The van der Waals surface area contributed by atoms with E-state index in [2.05, 4.69) is 10.6 Å². The average molecular weight is 439 g/mol. The van der Waals surface area contributed by atoms with Gasteiger partial charge in [0.2, 0.25) is 12.3 Å². The highest BCUT2D eigenvalue weighted by Crippen LogP contribution is 2.67. The number of alkyl halides is 4. The van der Waals surface area contributed by atoms with Gasteiger partial charge in [0, 0.05) is 29.8 Å². The minimum atomic E-state index is -2.28. The molecule has 5 unspecified atom stereocenters. The van der Waals surface area contributed by atoms with Crippen molar-refractivity contribution < 1.29 is 27.4 Å². The van der Waals surface area contributed by atoms with Crippen LogP contribution < -0.4 is 10.6 Å². The van der Waals surface area contributed by atoms with E-state index in [9.17, 15) is 18.0 Å². The molecule has 0 aromatic heterocycles. The molecule has 5 aliphatic rings. The number of nitrogens with one attached hydrogen (secondary N) is 2. The van der Waals surface area contributed by atoms with E-state index in [4.69, 9.17) is 21.1 Å². The Balaban J connectivity index is 1.10. The molecule has 4 aliphatic carbocycles. The van der Waals surface area contributed by atoms with E-state index in [1.807, 2.05) is 0 Å². The first-order chi connectivity index (χ1) is 13.8. The van der Waals surface area contributed by atoms with Gasteiger partial charge in [-0.3, -0.25) is 10.1 Å². The van der Waals surface area contributed by atoms with Crippen molar-refractivity contribution in [2.24, 2.45) is 11.3 Å². The van der Waals surface area contributed by atoms with Gasteiger partial charge in [-0.1, -0.05) is 0 Å². The molecule has 0 aromatic rings. The number of carbonyl (C=O) groups excluding carboxylic acids is 1. The molecular formula is C20H30ClF3N2O3. The largest absolute Gasteiger partial charge is 0.368 e. The summed E-state index contributed by atoms with van der Waals surface area (Å²) in [5.74, 6) is -0.735. The molecule has 5 nitrogen and oxygen atoms in total. The second-order valence-corrected chi connectivity index (χ2v) is 10.1. The van der Waals surface area contributed by atoms with Crippen molar-refractivity contribution in [3.8, 4) is 0 Å². The van der Waals surface area contributed by atoms with Crippen LogP contribution in [0.4, 0.5) is 13.2 Å². The molecule has 5 atom stereocenters. The molecule has 1 saturated heterocycles. The van der Waals surface area contributed by atoms with Crippen LogP contribution >= 0.6 is 11.6 Å². The van der Waals surface area contributed by atoms with E-state index in [0.717, 1.165) is 19.3 Å². The van der Waals surface area contributed by atoms with Crippen LogP contribution in [0.2, 0.25) is 0 Å². The molecular weight excluding hydrogens is 409 g/mol. The van der Waals surface area contributed by atoms with Crippen LogP contribution in [0.25, 0.3) is 0 Å². The minimum absolute atomic E-state index is 0.0487. The van der Waals surface area contributed by atoms with Crippen LogP contribution in [0.1, 0.15) is 51.4 Å². The van der Waals surface area contributed by atoms with Crippen molar-refractivity contribution in [2.75, 3.05) is 19.8 Å². The summed E-state index contributed by atoms with van der Waals surface area (Å²) >= 11 is 5.87. The van der Waals surface area contributed by atoms with E-state index >= 15 is 0 Å². The van der Waals surface area contributed by atoms with Crippen molar-refractivity contribution in [2.45, 2.75) is 87.2 Å². The summed E-state index contributed by atoms with van der Waals surface area (Å²) in [5, 5.41) is 5.67. The summed E-state index contributed by atoms with van der Waals surface area (Å²) in [6.45, 7) is 0.843. The van der Waals surface area contributed by atoms with E-state index in [-0.39, 0.29) is 42.2 Å². The first-order valence-corrected chi connectivity index (χ1v) is 11.1. The maximum atomic E-state index is 13.6. The number of hydrogen-bond acceptors (Lipinski definition) is 4. The van der Waals surface area contributed by atoms with Crippen molar-refractivity contribution in [1.29, 1.82) is 0 Å². The standard InChI is InChI=1S/C20H30ClF3N2O3/c21-14-3-2-13(5-15(14)22)28-7-16(27)26-20-8-19(9-20,10-20)11-29-17-4-1-12(6-25-17)18(23)24/h12-15,17-18,25H,1-11H2,(H,26,27). The molecule has 0 aromatic carbocycles. The zero-order valence-electron chi connectivity index (χ0n) is 16.5. The lowest BCUT2D eigenvalue weighted by Gasteiger charge is -2.70. The topological polar surface area (TPSA) is 59.6 Å². The van der Waals surface area contributed by atoms with Gasteiger partial charge in [0.05, 0.1) is 18.1 Å². The fourth-order valence-electron chi connectivity index (χ4n) is 5.49. The van der Waals surface area contributed by atoms with Crippen LogP contribution in [0, 0.1) is 11.3 Å². The number of amides is 1. The molecule has 1 aliphatic heterocycles. The third kappa shape index (κ3) is 4.86. The molecule has 0 spiro atoms. The van der Waals surface area contributed by atoms with Gasteiger partial charge in [-0.25, -0.2) is 13.2 Å². The SMILES string of the molecule is O=C(COC1CCC(Cl)C(F)C1)NC12CC(COC3CCC(C(F)F)CN3)(C1)C2. The van der Waals surface area contributed by atoms with E-state index in [1.54, 1.807) is 0 Å². The number of carbonyl (C=O) groups is 1. The van der Waals surface area contributed by atoms with E-state index in [0.29, 0.717) is 38.8 Å². The third-order valence-corrected chi connectivity index (χ3v) is 7.49. The molecule has 2 N–H and O–H groups in total. The highest BCUT2D eigenvalue weighted by atomic mass is 35.5. The molecule has 166 valence electrons. The molecule has 2 bridgehead atoms. The summed E-state index contributed by atoms with van der Waals surface area (Å²) in [6, 6.07) is 0. The van der Waals surface area contributed by atoms with Crippen molar-refractivity contribution in [3.63, 3.8) is 0 Å². The van der Waals surface area contributed by atoms with Crippen LogP contribution in [0.15, 0.2) is 0 Å². The third-order valence-electron chi connectivity index (χ3n) is 6.99. The zero-order valence-corrected chi connectivity index (χ0v) is 17.2. The second-order valence-electron chi connectivity index (χ2n) is 9.52. The van der Waals surface area contributed by atoms with Gasteiger partial charge in [0.15, 0.2) is 0 Å². The summed E-state index contributed by atoms with van der Waals surface area (Å²) in [6.07, 6.45) is 1.48. The monoisotopic (exact) mass is 438 g/mol. The van der Waals surface area contributed by atoms with Crippen LogP contribution in [0.3, 0.4) is 0 Å². The maximum absolute atomic E-state index is 13.6. The second kappa shape index (κ2) is 8.52.